The molecule has 164 valence electrons. The van der Waals surface area contributed by atoms with E-state index in [1.54, 1.807) is 6.07 Å². The molecule has 0 heterocycles. The van der Waals surface area contributed by atoms with Gasteiger partial charge in [0.15, 0.2) is 18.3 Å². The predicted octanol–water partition coefficient (Wildman–Crippen LogP) is 4.27. The summed E-state index contributed by atoms with van der Waals surface area (Å²) in [4.78, 5) is 39.2. The number of hydrogen-bond donors (Lipinski definition) is 3. The summed E-state index contributed by atoms with van der Waals surface area (Å²) >= 11 is 8.84. The van der Waals surface area contributed by atoms with Gasteiger partial charge in [0, 0.05) is 22.8 Å². The zero-order chi connectivity index (χ0) is 23.7. The van der Waals surface area contributed by atoms with Gasteiger partial charge in [-0.05, 0) is 54.6 Å². The molecule has 0 unspecified atom stereocenters. The highest BCUT2D eigenvalue weighted by Crippen LogP contribution is 2.24. The highest BCUT2D eigenvalue weighted by atomic mass is 35.5. The van der Waals surface area contributed by atoms with Gasteiger partial charge in [0.25, 0.3) is 11.6 Å². The number of nitrogens with zero attached hydrogens (tertiary/aromatic N) is 1. The van der Waals surface area contributed by atoms with Crippen LogP contribution in [0.3, 0.4) is 0 Å². The Balaban J connectivity index is 0.00000176. The minimum absolute atomic E-state index is 0.0807. The molecule has 32 heavy (non-hydrogen) atoms. The molecular formula is C20H14ClN3O7S. The molecule has 0 atom stereocenters. The van der Waals surface area contributed by atoms with Gasteiger partial charge in [-0.3, -0.25) is 14.9 Å². The van der Waals surface area contributed by atoms with Crippen LogP contribution in [0.4, 0.5) is 17.1 Å². The van der Waals surface area contributed by atoms with Crippen molar-refractivity contribution >= 4 is 53.1 Å². The fourth-order valence-electron chi connectivity index (χ4n) is 2.44. The second-order valence-electron chi connectivity index (χ2n) is 5.98. The third kappa shape index (κ3) is 6.45. The Morgan fingerprint density at radius 3 is 2.19 bits per heavy atom. The number of non-ortho nitro benzene ring substituents is 1. The lowest BCUT2D eigenvalue weighted by atomic mass is 10.1. The van der Waals surface area contributed by atoms with Gasteiger partial charge in [-0.25, -0.2) is 10.3 Å². The molecule has 0 aromatic heterocycles. The van der Waals surface area contributed by atoms with E-state index in [4.69, 9.17) is 25.8 Å². The molecule has 3 aromatic rings. The molecule has 0 saturated heterocycles. The SMILES string of the molecule is O=C(O)c1ccc(NC(=O)c2cc(Cl)ccc2NOc2ccc([N+](=O)[O-])cc2)cc1.O=S. The topological polar surface area (TPSA) is 148 Å². The van der Waals surface area contributed by atoms with Gasteiger partial charge >= 0.3 is 5.97 Å². The highest BCUT2D eigenvalue weighted by molar-refractivity contribution is 7.44. The van der Waals surface area contributed by atoms with Crippen LogP contribution in [-0.2, 0) is 12.5 Å². The maximum atomic E-state index is 12.7. The van der Waals surface area contributed by atoms with Gasteiger partial charge < -0.3 is 15.3 Å². The van der Waals surface area contributed by atoms with E-state index in [0.29, 0.717) is 22.1 Å². The van der Waals surface area contributed by atoms with Gasteiger partial charge in [0.1, 0.15) is 0 Å². The van der Waals surface area contributed by atoms with Crippen LogP contribution in [0.15, 0.2) is 66.7 Å². The standard InChI is InChI=1S/C20H14ClN3O6.OS/c21-13-3-10-18(23-30-16-8-6-15(7-9-16)24(28)29)17(11-13)19(25)22-14-4-1-12(2-5-14)20(26)27;1-2/h1-11,23H,(H,22,25)(H,26,27);. The number of nitrogens with one attached hydrogen (secondary N) is 2. The molecule has 10 nitrogen and oxygen atoms in total. The largest absolute Gasteiger partial charge is 0.478 e. The quantitative estimate of drug-likeness (QED) is 0.336. The maximum Gasteiger partial charge on any atom is 0.335 e. The van der Waals surface area contributed by atoms with Crippen LogP contribution in [-0.4, -0.2) is 26.1 Å². The number of nitro groups is 1. The predicted molar refractivity (Wildman–Crippen MR) is 118 cm³/mol. The summed E-state index contributed by atoms with van der Waals surface area (Å²) in [5.41, 5.74) is 3.51. The van der Waals surface area contributed by atoms with Gasteiger partial charge in [-0.15, -0.1) is 0 Å². The van der Waals surface area contributed by atoms with E-state index in [1.165, 1.54) is 60.7 Å². The van der Waals surface area contributed by atoms with Crippen LogP contribution in [0.2, 0.25) is 5.02 Å². The maximum absolute atomic E-state index is 12.7. The number of benzene rings is 3. The number of carboxylic acids is 1. The molecule has 0 aliphatic heterocycles. The molecular weight excluding hydrogens is 462 g/mol. The average molecular weight is 476 g/mol. The van der Waals surface area contributed by atoms with E-state index in [1.807, 2.05) is 0 Å². The smallest absolute Gasteiger partial charge is 0.335 e. The molecule has 0 radical (unpaired) electrons. The van der Waals surface area contributed by atoms with Crippen LogP contribution in [0.25, 0.3) is 0 Å². The Morgan fingerprint density at radius 2 is 1.62 bits per heavy atom. The number of amides is 1. The fourth-order valence-corrected chi connectivity index (χ4v) is 2.61. The van der Waals surface area contributed by atoms with Crippen molar-refractivity contribution in [2.24, 2.45) is 0 Å². The number of nitro benzene ring substituents is 1. The number of rotatable bonds is 7. The van der Waals surface area contributed by atoms with Gasteiger partial charge in [-0.1, -0.05) is 11.6 Å². The summed E-state index contributed by atoms with van der Waals surface area (Å²) in [6.07, 6.45) is 0. The zero-order valence-corrected chi connectivity index (χ0v) is 17.6. The van der Waals surface area contributed by atoms with Crippen molar-refractivity contribution in [2.45, 2.75) is 0 Å². The first-order chi connectivity index (χ1) is 15.3. The second-order valence-corrected chi connectivity index (χ2v) is 6.42. The number of carboxylic acid groups (broad SMARTS) is 1. The molecule has 0 aliphatic carbocycles. The van der Waals surface area contributed by atoms with E-state index in [9.17, 15) is 19.7 Å². The first kappa shape index (κ1) is 24.2. The van der Waals surface area contributed by atoms with Crippen molar-refractivity contribution in [1.29, 1.82) is 0 Å². The number of carbonyl (C=O) groups excluding carboxylic acids is 1. The van der Waals surface area contributed by atoms with Crippen LogP contribution < -0.4 is 15.6 Å². The Bertz CT molecular complexity index is 1130. The summed E-state index contributed by atoms with van der Waals surface area (Å²) < 4.78 is 7.83. The molecule has 3 aromatic carbocycles. The minimum atomic E-state index is -1.07. The molecule has 0 spiro atoms. The van der Waals surface area contributed by atoms with E-state index < -0.39 is 16.8 Å². The van der Waals surface area contributed by atoms with Gasteiger partial charge in [-0.2, -0.15) is 4.21 Å². The summed E-state index contributed by atoms with van der Waals surface area (Å²) in [7, 11) is 0. The van der Waals surface area contributed by atoms with Crippen LogP contribution in [0, 0.1) is 10.1 Å². The third-order valence-corrected chi connectivity index (χ3v) is 4.18. The Labute approximate surface area is 191 Å². The summed E-state index contributed by atoms with van der Waals surface area (Å²) in [6.45, 7) is 0. The molecule has 0 bridgehead atoms. The molecule has 3 N–H and O–H groups in total. The van der Waals surface area contributed by atoms with Gasteiger partial charge in [0.2, 0.25) is 0 Å². The molecule has 0 saturated carbocycles. The number of anilines is 2. The lowest BCUT2D eigenvalue weighted by Gasteiger charge is -2.13. The average Bonchev–Trinajstić information content (AvgIpc) is 2.80. The zero-order valence-electron chi connectivity index (χ0n) is 16.0. The molecule has 12 heteroatoms. The third-order valence-electron chi connectivity index (χ3n) is 3.94. The molecule has 1 amide bonds. The van der Waals surface area contributed by atoms with Crippen LogP contribution in [0.5, 0.6) is 5.75 Å². The summed E-state index contributed by atoms with van der Waals surface area (Å²) in [5.74, 6) is -1.28. The van der Waals surface area contributed by atoms with E-state index in [-0.39, 0.29) is 16.8 Å². The van der Waals surface area contributed by atoms with Crippen molar-refractivity contribution in [3.63, 3.8) is 0 Å². The monoisotopic (exact) mass is 475 g/mol. The Hall–Kier alpha value is -4.09. The highest BCUT2D eigenvalue weighted by Gasteiger charge is 2.14. The molecule has 0 fully saturated rings. The number of aromatic carboxylic acids is 1. The van der Waals surface area contributed by atoms with Crippen molar-refractivity contribution in [3.05, 3.63) is 93.0 Å². The van der Waals surface area contributed by atoms with Crippen molar-refractivity contribution in [2.75, 3.05) is 10.8 Å². The van der Waals surface area contributed by atoms with Crippen molar-refractivity contribution in [3.8, 4) is 5.75 Å². The van der Waals surface area contributed by atoms with E-state index >= 15 is 0 Å². The van der Waals surface area contributed by atoms with E-state index in [0.717, 1.165) is 0 Å². The first-order valence-corrected chi connectivity index (χ1v) is 9.33. The second kappa shape index (κ2) is 11.3. The first-order valence-electron chi connectivity index (χ1n) is 8.62. The molecule has 0 aliphatic rings. The summed E-state index contributed by atoms with van der Waals surface area (Å²) in [5, 5.41) is 22.6. The Kier molecular flexibility index (Phi) is 8.57. The molecule has 3 rings (SSSR count). The number of hydrogen-bond acceptors (Lipinski definition) is 8. The lowest BCUT2D eigenvalue weighted by Crippen LogP contribution is -2.16. The lowest BCUT2D eigenvalue weighted by molar-refractivity contribution is -0.384. The van der Waals surface area contributed by atoms with Crippen molar-refractivity contribution < 1.29 is 28.7 Å². The van der Waals surface area contributed by atoms with Crippen LogP contribution in [0.1, 0.15) is 20.7 Å². The fraction of sp³-hybridized carbons (Fsp3) is 0. The van der Waals surface area contributed by atoms with Crippen LogP contribution >= 0.6 is 11.6 Å². The Morgan fingerprint density at radius 1 is 1.00 bits per heavy atom. The normalized spacial score (nSPS) is 9.66. The minimum Gasteiger partial charge on any atom is -0.478 e. The van der Waals surface area contributed by atoms with Crippen molar-refractivity contribution in [1.82, 2.24) is 0 Å². The van der Waals surface area contributed by atoms with E-state index in [2.05, 4.69) is 23.3 Å². The summed E-state index contributed by atoms with van der Waals surface area (Å²) in [6, 6.07) is 15.6. The van der Waals surface area contributed by atoms with Gasteiger partial charge in [0.05, 0.1) is 21.7 Å². The number of halogens is 1. The number of carbonyl (C=O) groups is 2.